The van der Waals surface area contributed by atoms with E-state index in [2.05, 4.69) is 5.32 Å². The summed E-state index contributed by atoms with van der Waals surface area (Å²) < 4.78 is 13.5. The maximum absolute atomic E-state index is 13.5. The van der Waals surface area contributed by atoms with Crippen LogP contribution in [-0.4, -0.2) is 24.2 Å². The van der Waals surface area contributed by atoms with E-state index in [4.69, 9.17) is 28.3 Å². The summed E-state index contributed by atoms with van der Waals surface area (Å²) in [4.78, 5) is 12.1. The third-order valence-corrected chi connectivity index (χ3v) is 3.59. The molecule has 0 heterocycles. The summed E-state index contributed by atoms with van der Waals surface area (Å²) in [6.07, 6.45) is 0. The summed E-state index contributed by atoms with van der Waals surface area (Å²) in [6, 6.07) is 8.66. The van der Waals surface area contributed by atoms with E-state index in [1.165, 1.54) is 18.2 Å². The summed E-state index contributed by atoms with van der Waals surface area (Å²) in [5, 5.41) is 12.0. The molecule has 0 atom stereocenters. The number of rotatable bonds is 4. The number of nitrogens with one attached hydrogen (secondary N) is 1. The fourth-order valence-electron chi connectivity index (χ4n) is 1.88. The molecule has 110 valence electrons. The molecule has 2 aromatic carbocycles. The molecule has 0 spiro atoms. The van der Waals surface area contributed by atoms with Gasteiger partial charge in [-0.05, 0) is 41.5 Å². The van der Waals surface area contributed by atoms with E-state index < -0.39 is 11.7 Å². The number of carbonyl (C=O) groups is 1. The van der Waals surface area contributed by atoms with Crippen LogP contribution in [0.4, 0.5) is 4.39 Å². The van der Waals surface area contributed by atoms with Crippen LogP contribution in [0.3, 0.4) is 0 Å². The molecule has 2 N–H and O–H groups in total. The molecule has 0 saturated carbocycles. The molecule has 0 aliphatic rings. The molecule has 1 amide bonds. The Labute approximate surface area is 131 Å². The second-order valence-electron chi connectivity index (χ2n) is 4.30. The summed E-state index contributed by atoms with van der Waals surface area (Å²) in [5.41, 5.74) is 1.28. The second kappa shape index (κ2) is 6.89. The Morgan fingerprint density at radius 1 is 1.14 bits per heavy atom. The van der Waals surface area contributed by atoms with Crippen molar-refractivity contribution in [1.82, 2.24) is 5.32 Å². The average Bonchev–Trinajstić information content (AvgIpc) is 2.47. The van der Waals surface area contributed by atoms with E-state index in [0.717, 1.165) is 0 Å². The first-order valence-electron chi connectivity index (χ1n) is 6.17. The van der Waals surface area contributed by atoms with Gasteiger partial charge < -0.3 is 10.4 Å². The van der Waals surface area contributed by atoms with Crippen LogP contribution < -0.4 is 5.32 Å². The second-order valence-corrected chi connectivity index (χ2v) is 5.11. The molecule has 0 radical (unpaired) electrons. The Bertz CT molecular complexity index is 677. The van der Waals surface area contributed by atoms with Crippen LogP contribution in [0.5, 0.6) is 0 Å². The zero-order valence-electron chi connectivity index (χ0n) is 10.9. The summed E-state index contributed by atoms with van der Waals surface area (Å²) >= 11 is 11.8. The van der Waals surface area contributed by atoms with Gasteiger partial charge in [0.2, 0.25) is 0 Å². The van der Waals surface area contributed by atoms with E-state index in [0.29, 0.717) is 26.7 Å². The van der Waals surface area contributed by atoms with Crippen LogP contribution in [0.2, 0.25) is 10.0 Å². The number of hydrogen-bond donors (Lipinski definition) is 2. The van der Waals surface area contributed by atoms with E-state index in [1.54, 1.807) is 18.2 Å². The minimum atomic E-state index is -0.463. The van der Waals surface area contributed by atoms with Crippen LogP contribution in [0, 0.1) is 5.82 Å². The van der Waals surface area contributed by atoms with Crippen LogP contribution in [0.15, 0.2) is 36.4 Å². The van der Waals surface area contributed by atoms with Gasteiger partial charge >= 0.3 is 0 Å². The molecule has 6 heteroatoms. The standard InChI is InChI=1S/C15H12Cl2FNO2/c16-13-4-1-9(7-14(13)17)12-8-10(18)2-3-11(12)15(21)19-5-6-20/h1-4,7-8,20H,5-6H2,(H,19,21). The molecule has 0 bridgehead atoms. The van der Waals surface area contributed by atoms with Crippen LogP contribution in [0.25, 0.3) is 11.1 Å². The molecule has 3 nitrogen and oxygen atoms in total. The fraction of sp³-hybridized carbons (Fsp3) is 0.133. The number of hydrogen-bond acceptors (Lipinski definition) is 2. The third kappa shape index (κ3) is 3.73. The van der Waals surface area contributed by atoms with Crippen molar-refractivity contribution in [2.75, 3.05) is 13.2 Å². The first kappa shape index (κ1) is 15.8. The van der Waals surface area contributed by atoms with Gasteiger partial charge in [0.15, 0.2) is 0 Å². The predicted molar refractivity (Wildman–Crippen MR) is 81.3 cm³/mol. The van der Waals surface area contributed by atoms with Gasteiger partial charge in [-0.15, -0.1) is 0 Å². The van der Waals surface area contributed by atoms with Gasteiger partial charge in [-0.25, -0.2) is 4.39 Å². The van der Waals surface area contributed by atoms with Crippen LogP contribution in [-0.2, 0) is 0 Å². The Hall–Kier alpha value is -1.62. The van der Waals surface area contributed by atoms with Crippen molar-refractivity contribution < 1.29 is 14.3 Å². The van der Waals surface area contributed by atoms with Crippen molar-refractivity contribution in [2.45, 2.75) is 0 Å². The topological polar surface area (TPSA) is 49.3 Å². The van der Waals surface area contributed by atoms with Crippen LogP contribution >= 0.6 is 23.2 Å². The number of aliphatic hydroxyl groups excluding tert-OH is 1. The van der Waals surface area contributed by atoms with Crippen molar-refractivity contribution in [3.8, 4) is 11.1 Å². The smallest absolute Gasteiger partial charge is 0.251 e. The molecule has 0 fully saturated rings. The molecular weight excluding hydrogens is 316 g/mol. The molecule has 2 aromatic rings. The molecule has 0 saturated heterocycles. The molecular formula is C15H12Cl2FNO2. The highest BCUT2D eigenvalue weighted by molar-refractivity contribution is 6.42. The normalized spacial score (nSPS) is 10.5. The molecule has 21 heavy (non-hydrogen) atoms. The van der Waals surface area contributed by atoms with E-state index in [-0.39, 0.29) is 13.2 Å². The lowest BCUT2D eigenvalue weighted by Gasteiger charge is -2.11. The van der Waals surface area contributed by atoms with Crippen molar-refractivity contribution in [3.05, 3.63) is 57.8 Å². The zero-order valence-corrected chi connectivity index (χ0v) is 12.4. The van der Waals surface area contributed by atoms with Gasteiger partial charge in [-0.2, -0.15) is 0 Å². The van der Waals surface area contributed by atoms with Crippen molar-refractivity contribution >= 4 is 29.1 Å². The number of halogens is 3. The quantitative estimate of drug-likeness (QED) is 0.902. The lowest BCUT2D eigenvalue weighted by molar-refractivity contribution is 0.0945. The average molecular weight is 328 g/mol. The molecule has 0 unspecified atom stereocenters. The summed E-state index contributed by atoms with van der Waals surface area (Å²) in [6.45, 7) is -0.0495. The number of carbonyl (C=O) groups excluding carboxylic acids is 1. The lowest BCUT2D eigenvalue weighted by Crippen LogP contribution is -2.26. The third-order valence-electron chi connectivity index (χ3n) is 2.85. The number of amides is 1. The molecule has 0 aromatic heterocycles. The summed E-state index contributed by atoms with van der Waals surface area (Å²) in [7, 11) is 0. The van der Waals surface area contributed by atoms with Crippen LogP contribution in [0.1, 0.15) is 10.4 Å². The molecule has 2 rings (SSSR count). The Balaban J connectivity index is 2.48. The van der Waals surface area contributed by atoms with E-state index in [1.807, 2.05) is 0 Å². The van der Waals surface area contributed by atoms with E-state index in [9.17, 15) is 9.18 Å². The Morgan fingerprint density at radius 3 is 2.57 bits per heavy atom. The molecule has 0 aliphatic carbocycles. The molecule has 0 aliphatic heterocycles. The van der Waals surface area contributed by atoms with Gasteiger partial charge in [0, 0.05) is 12.1 Å². The Morgan fingerprint density at radius 2 is 1.90 bits per heavy atom. The maximum Gasteiger partial charge on any atom is 0.251 e. The largest absolute Gasteiger partial charge is 0.395 e. The van der Waals surface area contributed by atoms with Gasteiger partial charge in [0.1, 0.15) is 5.82 Å². The van der Waals surface area contributed by atoms with E-state index >= 15 is 0 Å². The first-order valence-corrected chi connectivity index (χ1v) is 6.92. The maximum atomic E-state index is 13.5. The highest BCUT2D eigenvalue weighted by atomic mass is 35.5. The number of benzene rings is 2. The highest BCUT2D eigenvalue weighted by Crippen LogP contribution is 2.31. The van der Waals surface area contributed by atoms with Crippen molar-refractivity contribution in [3.63, 3.8) is 0 Å². The highest BCUT2D eigenvalue weighted by Gasteiger charge is 2.14. The Kier molecular flexibility index (Phi) is 5.17. The summed E-state index contributed by atoms with van der Waals surface area (Å²) in [5.74, 6) is -0.861. The van der Waals surface area contributed by atoms with Gasteiger partial charge in [0.05, 0.1) is 16.7 Å². The van der Waals surface area contributed by atoms with Crippen molar-refractivity contribution in [2.24, 2.45) is 0 Å². The van der Waals surface area contributed by atoms with Gasteiger partial charge in [-0.3, -0.25) is 4.79 Å². The van der Waals surface area contributed by atoms with Gasteiger partial charge in [-0.1, -0.05) is 29.3 Å². The fourth-order valence-corrected chi connectivity index (χ4v) is 2.18. The van der Waals surface area contributed by atoms with Crippen molar-refractivity contribution in [1.29, 1.82) is 0 Å². The minimum Gasteiger partial charge on any atom is -0.395 e. The first-order chi connectivity index (χ1) is 10.0. The SMILES string of the molecule is O=C(NCCO)c1ccc(F)cc1-c1ccc(Cl)c(Cl)c1. The van der Waals surface area contributed by atoms with Gasteiger partial charge in [0.25, 0.3) is 5.91 Å². The number of aliphatic hydroxyl groups is 1. The lowest BCUT2D eigenvalue weighted by atomic mass is 9.99. The minimum absolute atomic E-state index is 0.122. The zero-order chi connectivity index (χ0) is 15.4. The predicted octanol–water partition coefficient (Wildman–Crippen LogP) is 3.52. The monoisotopic (exact) mass is 327 g/mol.